The molecule has 1 heterocycles. The fourth-order valence-electron chi connectivity index (χ4n) is 3.26. The Morgan fingerprint density at radius 1 is 1.00 bits per heavy atom. The Hall–Kier alpha value is -2.69. The zero-order valence-corrected chi connectivity index (χ0v) is 17.1. The summed E-state index contributed by atoms with van der Waals surface area (Å²) in [5.74, 6) is 2.38. The van der Waals surface area contributed by atoms with Gasteiger partial charge in [0, 0.05) is 43.5 Å². The molecule has 150 valence electrons. The van der Waals surface area contributed by atoms with Crippen LogP contribution in [-0.2, 0) is 0 Å². The van der Waals surface area contributed by atoms with Crippen LogP contribution in [0.4, 0.5) is 5.69 Å². The first-order valence-corrected chi connectivity index (χ1v) is 9.98. The number of carbonyl (C=O) groups is 1. The smallest absolute Gasteiger partial charge is 0.253 e. The van der Waals surface area contributed by atoms with E-state index in [4.69, 9.17) is 9.47 Å². The Morgan fingerprint density at radius 2 is 1.71 bits per heavy atom. The third-order valence-corrected chi connectivity index (χ3v) is 5.05. The molecule has 2 aromatic rings. The highest BCUT2D eigenvalue weighted by molar-refractivity contribution is 5.94. The number of ether oxygens (including phenoxy) is 2. The van der Waals surface area contributed by atoms with Crippen LogP contribution in [0.15, 0.2) is 48.5 Å². The number of hydrogen-bond acceptors (Lipinski definition) is 4. The van der Waals surface area contributed by atoms with E-state index in [0.29, 0.717) is 31.2 Å². The Bertz CT molecular complexity index is 766. The van der Waals surface area contributed by atoms with Crippen molar-refractivity contribution >= 4 is 11.6 Å². The number of carbonyl (C=O) groups excluding carboxylic acids is 1. The molecule has 3 rings (SSSR count). The van der Waals surface area contributed by atoms with E-state index in [1.165, 1.54) is 0 Å². The molecule has 0 saturated carbocycles. The van der Waals surface area contributed by atoms with E-state index in [9.17, 15) is 4.79 Å². The summed E-state index contributed by atoms with van der Waals surface area (Å²) < 4.78 is 11.0. The van der Waals surface area contributed by atoms with Crippen LogP contribution < -0.4 is 14.4 Å². The molecule has 0 atom stereocenters. The van der Waals surface area contributed by atoms with Crippen LogP contribution in [-0.4, -0.2) is 50.7 Å². The molecular weight excluding hydrogens is 352 g/mol. The largest absolute Gasteiger partial charge is 0.497 e. The maximum absolute atomic E-state index is 12.8. The van der Waals surface area contributed by atoms with Gasteiger partial charge in [0.05, 0.1) is 13.7 Å². The van der Waals surface area contributed by atoms with Crippen molar-refractivity contribution in [1.29, 1.82) is 0 Å². The average molecular weight is 383 g/mol. The summed E-state index contributed by atoms with van der Waals surface area (Å²) >= 11 is 0. The molecule has 5 nitrogen and oxygen atoms in total. The van der Waals surface area contributed by atoms with Crippen molar-refractivity contribution in [3.05, 3.63) is 54.1 Å². The SMILES string of the molecule is COc1cccc(N2CCN(C(=O)c3ccc(OCCC(C)C)cc3)CC2)c1. The van der Waals surface area contributed by atoms with Crippen LogP contribution in [0, 0.1) is 5.92 Å². The fraction of sp³-hybridized carbons (Fsp3) is 0.435. The predicted octanol–water partition coefficient (Wildman–Crippen LogP) is 4.08. The van der Waals surface area contributed by atoms with Gasteiger partial charge in [0.25, 0.3) is 5.91 Å². The highest BCUT2D eigenvalue weighted by Gasteiger charge is 2.22. The molecule has 5 heteroatoms. The first-order chi connectivity index (χ1) is 13.6. The van der Waals surface area contributed by atoms with Gasteiger partial charge >= 0.3 is 0 Å². The molecule has 1 fully saturated rings. The van der Waals surface area contributed by atoms with Crippen molar-refractivity contribution in [3.63, 3.8) is 0 Å². The fourth-order valence-corrected chi connectivity index (χ4v) is 3.26. The van der Waals surface area contributed by atoms with Gasteiger partial charge in [-0.2, -0.15) is 0 Å². The molecule has 0 aromatic heterocycles. The van der Waals surface area contributed by atoms with Crippen molar-refractivity contribution in [2.24, 2.45) is 5.92 Å². The minimum Gasteiger partial charge on any atom is -0.497 e. The molecule has 0 bridgehead atoms. The van der Waals surface area contributed by atoms with Crippen molar-refractivity contribution in [3.8, 4) is 11.5 Å². The average Bonchev–Trinajstić information content (AvgIpc) is 2.73. The van der Waals surface area contributed by atoms with E-state index in [2.05, 4.69) is 24.8 Å². The van der Waals surface area contributed by atoms with E-state index in [1.807, 2.05) is 47.4 Å². The molecular formula is C23H30N2O3. The third kappa shape index (κ3) is 5.18. The van der Waals surface area contributed by atoms with Crippen LogP contribution in [0.1, 0.15) is 30.6 Å². The number of rotatable bonds is 7. The van der Waals surface area contributed by atoms with E-state index in [0.717, 1.165) is 36.7 Å². The molecule has 1 aliphatic rings. The lowest BCUT2D eigenvalue weighted by molar-refractivity contribution is 0.0746. The van der Waals surface area contributed by atoms with Gasteiger partial charge in [-0.15, -0.1) is 0 Å². The minimum atomic E-state index is 0.0824. The number of anilines is 1. The first-order valence-electron chi connectivity index (χ1n) is 9.98. The second-order valence-electron chi connectivity index (χ2n) is 7.54. The van der Waals surface area contributed by atoms with Gasteiger partial charge in [0.15, 0.2) is 0 Å². The highest BCUT2D eigenvalue weighted by Crippen LogP contribution is 2.23. The summed E-state index contributed by atoms with van der Waals surface area (Å²) in [5, 5.41) is 0. The van der Waals surface area contributed by atoms with E-state index >= 15 is 0 Å². The molecule has 28 heavy (non-hydrogen) atoms. The number of piperazine rings is 1. The Labute approximate surface area is 167 Å². The van der Waals surface area contributed by atoms with Crippen molar-refractivity contribution in [2.45, 2.75) is 20.3 Å². The van der Waals surface area contributed by atoms with E-state index in [-0.39, 0.29) is 5.91 Å². The van der Waals surface area contributed by atoms with E-state index in [1.54, 1.807) is 7.11 Å². The summed E-state index contributed by atoms with van der Waals surface area (Å²) in [6.45, 7) is 8.12. The molecule has 1 amide bonds. The Kier molecular flexibility index (Phi) is 6.80. The zero-order chi connectivity index (χ0) is 19.9. The molecule has 0 N–H and O–H groups in total. The van der Waals surface area contributed by atoms with Gasteiger partial charge in [-0.3, -0.25) is 4.79 Å². The topological polar surface area (TPSA) is 42.0 Å². The van der Waals surface area contributed by atoms with Gasteiger partial charge < -0.3 is 19.3 Å². The molecule has 1 saturated heterocycles. The monoisotopic (exact) mass is 382 g/mol. The normalized spacial score (nSPS) is 14.3. The van der Waals surface area contributed by atoms with Crippen molar-refractivity contribution < 1.29 is 14.3 Å². The van der Waals surface area contributed by atoms with Crippen LogP contribution >= 0.6 is 0 Å². The number of hydrogen-bond donors (Lipinski definition) is 0. The zero-order valence-electron chi connectivity index (χ0n) is 17.1. The van der Waals surface area contributed by atoms with Crippen molar-refractivity contribution in [2.75, 3.05) is 44.8 Å². The lowest BCUT2D eigenvalue weighted by Crippen LogP contribution is -2.48. The minimum absolute atomic E-state index is 0.0824. The summed E-state index contributed by atoms with van der Waals surface area (Å²) in [5.41, 5.74) is 1.85. The number of nitrogens with zero attached hydrogens (tertiary/aromatic N) is 2. The Balaban J connectivity index is 1.53. The Morgan fingerprint density at radius 3 is 2.36 bits per heavy atom. The van der Waals surface area contributed by atoms with E-state index < -0.39 is 0 Å². The lowest BCUT2D eigenvalue weighted by atomic mass is 10.1. The van der Waals surface area contributed by atoms with Crippen LogP contribution in [0.2, 0.25) is 0 Å². The van der Waals surface area contributed by atoms with Crippen LogP contribution in [0.5, 0.6) is 11.5 Å². The lowest BCUT2D eigenvalue weighted by Gasteiger charge is -2.36. The first kappa shape index (κ1) is 20.1. The maximum Gasteiger partial charge on any atom is 0.253 e. The van der Waals surface area contributed by atoms with Crippen molar-refractivity contribution in [1.82, 2.24) is 4.90 Å². The second-order valence-corrected chi connectivity index (χ2v) is 7.54. The molecule has 0 spiro atoms. The number of benzene rings is 2. The summed E-state index contributed by atoms with van der Waals surface area (Å²) in [4.78, 5) is 17.0. The quantitative estimate of drug-likeness (QED) is 0.724. The maximum atomic E-state index is 12.8. The van der Waals surface area contributed by atoms with Crippen LogP contribution in [0.3, 0.4) is 0 Å². The van der Waals surface area contributed by atoms with Gasteiger partial charge in [-0.05, 0) is 48.7 Å². The molecule has 1 aliphatic heterocycles. The molecule has 0 aliphatic carbocycles. The molecule has 0 unspecified atom stereocenters. The van der Waals surface area contributed by atoms with Gasteiger partial charge in [0.2, 0.25) is 0 Å². The summed E-state index contributed by atoms with van der Waals surface area (Å²) in [6, 6.07) is 15.6. The summed E-state index contributed by atoms with van der Waals surface area (Å²) in [7, 11) is 1.68. The standard InChI is InChI=1S/C23H30N2O3/c1-18(2)11-16-28-21-9-7-19(8-10-21)23(26)25-14-12-24(13-15-25)20-5-4-6-22(17-20)27-3/h4-10,17-18H,11-16H2,1-3H3. The third-order valence-electron chi connectivity index (χ3n) is 5.05. The van der Waals surface area contributed by atoms with Gasteiger partial charge in [-0.25, -0.2) is 0 Å². The number of amides is 1. The second kappa shape index (κ2) is 9.49. The van der Waals surface area contributed by atoms with Gasteiger partial charge in [0.1, 0.15) is 11.5 Å². The predicted molar refractivity (Wildman–Crippen MR) is 113 cm³/mol. The van der Waals surface area contributed by atoms with Gasteiger partial charge in [-0.1, -0.05) is 19.9 Å². The highest BCUT2D eigenvalue weighted by atomic mass is 16.5. The molecule has 2 aromatic carbocycles. The summed E-state index contributed by atoms with van der Waals surface area (Å²) in [6.07, 6.45) is 1.03. The molecule has 0 radical (unpaired) electrons. The van der Waals surface area contributed by atoms with Crippen LogP contribution in [0.25, 0.3) is 0 Å². The number of methoxy groups -OCH3 is 1.